The van der Waals surface area contributed by atoms with E-state index in [4.69, 9.17) is 4.55 Å². The lowest BCUT2D eigenvalue weighted by Crippen LogP contribution is -2.40. The summed E-state index contributed by atoms with van der Waals surface area (Å²) in [4.78, 5) is 12.0. The van der Waals surface area contributed by atoms with E-state index < -0.39 is 27.3 Å². The number of Topliss-reactive ketones (excluding diaryl/α,β-unsaturated/α-hetero) is 1. The van der Waals surface area contributed by atoms with Gasteiger partial charge in [-0.15, -0.1) is 6.58 Å². The molecule has 0 aromatic carbocycles. The first-order chi connectivity index (χ1) is 10.8. The summed E-state index contributed by atoms with van der Waals surface area (Å²) in [5.74, 6) is -0.621. The van der Waals surface area contributed by atoms with Gasteiger partial charge in [0.2, 0.25) is 0 Å². The monoisotopic (exact) mass is 348 g/mol. The summed E-state index contributed by atoms with van der Waals surface area (Å²) in [6.45, 7) is 5.58. The van der Waals surface area contributed by atoms with Gasteiger partial charge in [-0.2, -0.15) is 8.42 Å². The van der Waals surface area contributed by atoms with Crippen LogP contribution >= 0.6 is 0 Å². The molecule has 2 atom stereocenters. The number of carbonyl (C=O) groups is 1. The number of aliphatic hydroxyl groups is 1. The van der Waals surface area contributed by atoms with Crippen molar-refractivity contribution in [2.24, 2.45) is 0 Å². The zero-order valence-electron chi connectivity index (χ0n) is 14.2. The summed E-state index contributed by atoms with van der Waals surface area (Å²) in [5.41, 5.74) is 0. The minimum atomic E-state index is -4.59. The molecule has 0 aliphatic carbocycles. The molecule has 0 radical (unpaired) electrons. The maximum absolute atomic E-state index is 12.0. The van der Waals surface area contributed by atoms with Crippen molar-refractivity contribution in [2.45, 2.75) is 88.9 Å². The van der Waals surface area contributed by atoms with E-state index in [1.165, 1.54) is 38.2 Å². The number of unbranched alkanes of at least 4 members (excludes halogenated alkanes) is 8. The SMILES string of the molecule is C=CCC(O)C(C(=O)CCCCCCCCCCC)S(=O)(=O)O. The molecule has 0 aliphatic heterocycles. The van der Waals surface area contributed by atoms with E-state index in [-0.39, 0.29) is 12.8 Å². The van der Waals surface area contributed by atoms with E-state index in [1.54, 1.807) is 0 Å². The van der Waals surface area contributed by atoms with Crippen LogP contribution in [0.25, 0.3) is 0 Å². The van der Waals surface area contributed by atoms with E-state index in [0.29, 0.717) is 6.42 Å². The second-order valence-corrected chi connectivity index (χ2v) is 7.61. The fourth-order valence-electron chi connectivity index (χ4n) is 2.63. The molecule has 0 saturated heterocycles. The predicted octanol–water partition coefficient (Wildman–Crippen LogP) is 3.67. The highest BCUT2D eigenvalue weighted by atomic mass is 32.2. The minimum Gasteiger partial charge on any atom is -0.391 e. The van der Waals surface area contributed by atoms with Crippen LogP contribution in [-0.4, -0.2) is 35.2 Å². The average molecular weight is 349 g/mol. The zero-order valence-corrected chi connectivity index (χ0v) is 15.1. The molecule has 2 unspecified atom stereocenters. The summed E-state index contributed by atoms with van der Waals surface area (Å²) in [5, 5.41) is 7.97. The van der Waals surface area contributed by atoms with Crippen molar-refractivity contribution >= 4 is 15.9 Å². The lowest BCUT2D eigenvalue weighted by atomic mass is 10.0. The molecule has 0 amide bonds. The molecule has 0 aliphatic rings. The first-order valence-electron chi connectivity index (χ1n) is 8.62. The van der Waals surface area contributed by atoms with Gasteiger partial charge in [-0.1, -0.05) is 64.4 Å². The van der Waals surface area contributed by atoms with Gasteiger partial charge in [0.25, 0.3) is 10.1 Å². The third-order valence-electron chi connectivity index (χ3n) is 3.92. The van der Waals surface area contributed by atoms with E-state index in [9.17, 15) is 18.3 Å². The van der Waals surface area contributed by atoms with Crippen molar-refractivity contribution in [1.29, 1.82) is 0 Å². The average Bonchev–Trinajstić information content (AvgIpc) is 2.44. The molecule has 0 spiro atoms. The second-order valence-electron chi connectivity index (χ2n) is 6.07. The maximum Gasteiger partial charge on any atom is 0.277 e. The standard InChI is InChI=1S/C17H32O5S/c1-3-5-6-7-8-9-10-11-12-14-16(19)17(23(20,21)22)15(18)13-4-2/h4,15,17-18H,2-3,5-14H2,1H3,(H,20,21,22). The first-order valence-corrected chi connectivity index (χ1v) is 10.1. The van der Waals surface area contributed by atoms with Crippen LogP contribution in [0.1, 0.15) is 77.6 Å². The molecule has 0 aromatic rings. The van der Waals surface area contributed by atoms with E-state index in [2.05, 4.69) is 13.5 Å². The Morgan fingerprint density at radius 1 is 1.04 bits per heavy atom. The number of aliphatic hydroxyl groups excluding tert-OH is 1. The highest BCUT2D eigenvalue weighted by Crippen LogP contribution is 2.16. The molecular formula is C17H32O5S. The molecule has 5 nitrogen and oxygen atoms in total. The normalized spacial score (nSPS) is 14.4. The molecular weight excluding hydrogens is 316 g/mol. The molecule has 0 fully saturated rings. The molecule has 0 heterocycles. The van der Waals surface area contributed by atoms with Gasteiger partial charge >= 0.3 is 0 Å². The number of hydrogen-bond donors (Lipinski definition) is 2. The summed E-state index contributed by atoms with van der Waals surface area (Å²) >= 11 is 0. The molecule has 0 bridgehead atoms. The lowest BCUT2D eigenvalue weighted by Gasteiger charge is -2.17. The number of carbonyl (C=O) groups excluding carboxylic acids is 1. The quantitative estimate of drug-likeness (QED) is 0.268. The van der Waals surface area contributed by atoms with Gasteiger partial charge in [0.1, 0.15) is 0 Å². The van der Waals surface area contributed by atoms with Crippen LogP contribution in [-0.2, 0) is 14.9 Å². The lowest BCUT2D eigenvalue weighted by molar-refractivity contribution is -0.120. The molecule has 0 aromatic heterocycles. The van der Waals surface area contributed by atoms with Crippen LogP contribution in [0, 0.1) is 0 Å². The second kappa shape index (κ2) is 12.7. The fraction of sp³-hybridized carbons (Fsp3) is 0.824. The van der Waals surface area contributed by atoms with Crippen LogP contribution in [0.3, 0.4) is 0 Å². The Bertz CT molecular complexity index is 430. The van der Waals surface area contributed by atoms with Crippen molar-refractivity contribution < 1.29 is 22.9 Å². The van der Waals surface area contributed by atoms with Crippen LogP contribution in [0.4, 0.5) is 0 Å². The largest absolute Gasteiger partial charge is 0.391 e. The minimum absolute atomic E-state index is 0.0477. The third-order valence-corrected chi connectivity index (χ3v) is 5.14. The Hall–Kier alpha value is -0.720. The van der Waals surface area contributed by atoms with Gasteiger partial charge < -0.3 is 5.11 Å². The zero-order chi connectivity index (χ0) is 17.7. The third kappa shape index (κ3) is 10.6. The fourth-order valence-corrected chi connectivity index (χ4v) is 3.58. The van der Waals surface area contributed by atoms with E-state index in [1.807, 2.05) is 0 Å². The molecule has 0 saturated carbocycles. The van der Waals surface area contributed by atoms with Gasteiger partial charge in [-0.05, 0) is 12.8 Å². The predicted molar refractivity (Wildman–Crippen MR) is 93.0 cm³/mol. The van der Waals surface area contributed by atoms with E-state index in [0.717, 1.165) is 19.3 Å². The van der Waals surface area contributed by atoms with E-state index >= 15 is 0 Å². The number of hydrogen-bond acceptors (Lipinski definition) is 4. The van der Waals surface area contributed by atoms with Crippen molar-refractivity contribution in [2.75, 3.05) is 0 Å². The van der Waals surface area contributed by atoms with Crippen molar-refractivity contribution in [3.05, 3.63) is 12.7 Å². The molecule has 0 rings (SSSR count). The Kier molecular flexibility index (Phi) is 12.3. The summed E-state index contributed by atoms with van der Waals surface area (Å²) in [6.07, 6.45) is 9.70. The molecule has 2 N–H and O–H groups in total. The topological polar surface area (TPSA) is 91.7 Å². The smallest absolute Gasteiger partial charge is 0.277 e. The van der Waals surface area contributed by atoms with Crippen molar-refractivity contribution in [3.8, 4) is 0 Å². The summed E-state index contributed by atoms with van der Waals surface area (Å²) in [6, 6.07) is 0. The van der Waals surface area contributed by atoms with Crippen LogP contribution < -0.4 is 0 Å². The summed E-state index contributed by atoms with van der Waals surface area (Å²) in [7, 11) is -4.59. The molecule has 136 valence electrons. The first kappa shape index (κ1) is 22.3. The van der Waals surface area contributed by atoms with Gasteiger partial charge in [0.15, 0.2) is 11.0 Å². The Balaban J connectivity index is 4.03. The van der Waals surface area contributed by atoms with Crippen LogP contribution in [0.15, 0.2) is 12.7 Å². The van der Waals surface area contributed by atoms with Crippen molar-refractivity contribution in [3.63, 3.8) is 0 Å². The Morgan fingerprint density at radius 3 is 1.96 bits per heavy atom. The van der Waals surface area contributed by atoms with Crippen LogP contribution in [0.5, 0.6) is 0 Å². The molecule has 23 heavy (non-hydrogen) atoms. The van der Waals surface area contributed by atoms with Gasteiger partial charge in [-0.3, -0.25) is 9.35 Å². The Labute approximate surface area is 140 Å². The van der Waals surface area contributed by atoms with Crippen LogP contribution in [0.2, 0.25) is 0 Å². The van der Waals surface area contributed by atoms with Gasteiger partial charge in [0.05, 0.1) is 6.10 Å². The van der Waals surface area contributed by atoms with Crippen molar-refractivity contribution in [1.82, 2.24) is 0 Å². The molecule has 6 heteroatoms. The van der Waals surface area contributed by atoms with Gasteiger partial charge in [0, 0.05) is 6.42 Å². The summed E-state index contributed by atoms with van der Waals surface area (Å²) < 4.78 is 31.7. The highest BCUT2D eigenvalue weighted by molar-refractivity contribution is 7.87. The Morgan fingerprint density at radius 2 is 1.52 bits per heavy atom. The number of ketones is 1. The maximum atomic E-state index is 12.0. The number of rotatable bonds is 15. The van der Waals surface area contributed by atoms with Gasteiger partial charge in [-0.25, -0.2) is 0 Å². The highest BCUT2D eigenvalue weighted by Gasteiger charge is 2.36.